The Labute approximate surface area is 127 Å². The summed E-state index contributed by atoms with van der Waals surface area (Å²) in [5.41, 5.74) is 3.75. The minimum atomic E-state index is 0.972. The first-order valence-corrected chi connectivity index (χ1v) is 8.13. The van der Waals surface area contributed by atoms with Crippen LogP contribution in [0.1, 0.15) is 11.1 Å². The Morgan fingerprint density at radius 3 is 2.32 bits per heavy atom. The SMILES string of the molecule is Cc1cc(NCCSc2ccccc2)cc(C)c1Br. The van der Waals surface area contributed by atoms with E-state index in [1.165, 1.54) is 26.2 Å². The molecular formula is C16H18BrNS. The number of hydrogen-bond acceptors (Lipinski definition) is 2. The molecule has 0 heterocycles. The first-order chi connectivity index (χ1) is 9.16. The highest BCUT2D eigenvalue weighted by atomic mass is 79.9. The molecule has 0 aliphatic carbocycles. The summed E-state index contributed by atoms with van der Waals surface area (Å²) in [6.45, 7) is 5.22. The quantitative estimate of drug-likeness (QED) is 0.590. The van der Waals surface area contributed by atoms with Crippen molar-refractivity contribution >= 4 is 33.4 Å². The monoisotopic (exact) mass is 335 g/mol. The van der Waals surface area contributed by atoms with Gasteiger partial charge in [-0.3, -0.25) is 0 Å². The van der Waals surface area contributed by atoms with Gasteiger partial charge in [0.25, 0.3) is 0 Å². The predicted molar refractivity (Wildman–Crippen MR) is 89.3 cm³/mol. The molecule has 0 unspecified atom stereocenters. The lowest BCUT2D eigenvalue weighted by Gasteiger charge is -2.10. The zero-order valence-corrected chi connectivity index (χ0v) is 13.6. The third kappa shape index (κ3) is 4.29. The molecular weight excluding hydrogens is 318 g/mol. The number of halogens is 1. The fourth-order valence-electron chi connectivity index (χ4n) is 1.93. The second-order valence-electron chi connectivity index (χ2n) is 4.51. The van der Waals surface area contributed by atoms with E-state index < -0.39 is 0 Å². The van der Waals surface area contributed by atoms with Gasteiger partial charge in [0.2, 0.25) is 0 Å². The van der Waals surface area contributed by atoms with Crippen LogP contribution in [0.3, 0.4) is 0 Å². The minimum Gasteiger partial charge on any atom is -0.384 e. The number of aryl methyl sites for hydroxylation is 2. The summed E-state index contributed by atoms with van der Waals surface area (Å²) >= 11 is 5.47. The second kappa shape index (κ2) is 7.01. The number of rotatable bonds is 5. The topological polar surface area (TPSA) is 12.0 Å². The van der Waals surface area contributed by atoms with E-state index in [0.717, 1.165) is 12.3 Å². The Morgan fingerprint density at radius 2 is 1.68 bits per heavy atom. The van der Waals surface area contributed by atoms with E-state index in [4.69, 9.17) is 0 Å². The van der Waals surface area contributed by atoms with Gasteiger partial charge in [-0.15, -0.1) is 11.8 Å². The Balaban J connectivity index is 1.83. The van der Waals surface area contributed by atoms with Crippen molar-refractivity contribution < 1.29 is 0 Å². The molecule has 2 aromatic rings. The highest BCUT2D eigenvalue weighted by molar-refractivity contribution is 9.10. The molecule has 100 valence electrons. The van der Waals surface area contributed by atoms with Gasteiger partial charge in [0.05, 0.1) is 0 Å². The first kappa shape index (κ1) is 14.5. The maximum Gasteiger partial charge on any atom is 0.0346 e. The molecule has 0 saturated heterocycles. The van der Waals surface area contributed by atoms with Crippen molar-refractivity contribution in [2.24, 2.45) is 0 Å². The van der Waals surface area contributed by atoms with E-state index in [2.05, 4.69) is 77.6 Å². The molecule has 2 aromatic carbocycles. The summed E-state index contributed by atoms with van der Waals surface area (Å²) < 4.78 is 1.21. The summed E-state index contributed by atoms with van der Waals surface area (Å²) in [6.07, 6.45) is 0. The Bertz CT molecular complexity index is 517. The normalized spacial score (nSPS) is 10.5. The van der Waals surface area contributed by atoms with Crippen molar-refractivity contribution in [1.29, 1.82) is 0 Å². The molecule has 0 bridgehead atoms. The van der Waals surface area contributed by atoms with Crippen molar-refractivity contribution in [3.8, 4) is 0 Å². The van der Waals surface area contributed by atoms with Crippen LogP contribution in [0.4, 0.5) is 5.69 Å². The number of nitrogens with one attached hydrogen (secondary N) is 1. The van der Waals surface area contributed by atoms with Gasteiger partial charge in [-0.2, -0.15) is 0 Å². The van der Waals surface area contributed by atoms with Gasteiger partial charge in [0.15, 0.2) is 0 Å². The van der Waals surface area contributed by atoms with Crippen LogP contribution in [0.5, 0.6) is 0 Å². The molecule has 19 heavy (non-hydrogen) atoms. The number of hydrogen-bond donors (Lipinski definition) is 1. The molecule has 0 amide bonds. The summed E-state index contributed by atoms with van der Waals surface area (Å²) in [7, 11) is 0. The number of thioether (sulfide) groups is 1. The molecule has 0 radical (unpaired) electrons. The third-order valence-corrected chi connectivity index (χ3v) is 5.14. The molecule has 0 saturated carbocycles. The van der Waals surface area contributed by atoms with E-state index in [1.807, 2.05) is 11.8 Å². The van der Waals surface area contributed by atoms with Crippen LogP contribution in [0.2, 0.25) is 0 Å². The van der Waals surface area contributed by atoms with Crippen molar-refractivity contribution in [1.82, 2.24) is 0 Å². The molecule has 3 heteroatoms. The van der Waals surface area contributed by atoms with E-state index >= 15 is 0 Å². The maximum absolute atomic E-state index is 3.59. The third-order valence-electron chi connectivity index (χ3n) is 2.88. The van der Waals surface area contributed by atoms with Crippen molar-refractivity contribution in [3.63, 3.8) is 0 Å². The zero-order valence-electron chi connectivity index (χ0n) is 11.2. The Morgan fingerprint density at radius 1 is 1.05 bits per heavy atom. The molecule has 2 rings (SSSR count). The summed E-state index contributed by atoms with van der Waals surface area (Å²) in [5.74, 6) is 1.07. The maximum atomic E-state index is 3.59. The lowest BCUT2D eigenvalue weighted by Crippen LogP contribution is -2.04. The summed E-state index contributed by atoms with van der Waals surface area (Å²) in [6, 6.07) is 14.9. The van der Waals surface area contributed by atoms with Gasteiger partial charge in [-0.05, 0) is 49.2 Å². The van der Waals surface area contributed by atoms with Crippen LogP contribution in [-0.4, -0.2) is 12.3 Å². The molecule has 0 spiro atoms. The van der Waals surface area contributed by atoms with Crippen molar-refractivity contribution in [2.45, 2.75) is 18.7 Å². The van der Waals surface area contributed by atoms with Crippen LogP contribution in [0, 0.1) is 13.8 Å². The standard InChI is InChI=1S/C16H18BrNS/c1-12-10-14(11-13(2)16(12)17)18-8-9-19-15-6-4-3-5-7-15/h3-7,10-11,18H,8-9H2,1-2H3. The average molecular weight is 336 g/mol. The minimum absolute atomic E-state index is 0.972. The second-order valence-corrected chi connectivity index (χ2v) is 6.47. The molecule has 1 nitrogen and oxygen atoms in total. The average Bonchev–Trinajstić information content (AvgIpc) is 2.42. The molecule has 0 aliphatic heterocycles. The molecule has 0 atom stereocenters. The van der Waals surface area contributed by atoms with Crippen molar-refractivity contribution in [2.75, 3.05) is 17.6 Å². The van der Waals surface area contributed by atoms with E-state index in [-0.39, 0.29) is 0 Å². The number of anilines is 1. The Hall–Kier alpha value is -0.930. The number of benzene rings is 2. The summed E-state index contributed by atoms with van der Waals surface area (Å²) in [5, 5.41) is 3.48. The van der Waals surface area contributed by atoms with Crippen LogP contribution >= 0.6 is 27.7 Å². The van der Waals surface area contributed by atoms with Crippen LogP contribution in [-0.2, 0) is 0 Å². The highest BCUT2D eigenvalue weighted by Crippen LogP contribution is 2.25. The van der Waals surface area contributed by atoms with E-state index in [1.54, 1.807) is 0 Å². The molecule has 0 aliphatic rings. The fourth-order valence-corrected chi connectivity index (χ4v) is 2.95. The van der Waals surface area contributed by atoms with Gasteiger partial charge >= 0.3 is 0 Å². The van der Waals surface area contributed by atoms with Crippen LogP contribution in [0.15, 0.2) is 51.8 Å². The van der Waals surface area contributed by atoms with Crippen LogP contribution in [0.25, 0.3) is 0 Å². The molecule has 1 N–H and O–H groups in total. The van der Waals surface area contributed by atoms with E-state index in [9.17, 15) is 0 Å². The van der Waals surface area contributed by atoms with Crippen LogP contribution < -0.4 is 5.32 Å². The zero-order chi connectivity index (χ0) is 13.7. The van der Waals surface area contributed by atoms with Gasteiger partial charge in [-0.25, -0.2) is 0 Å². The van der Waals surface area contributed by atoms with E-state index in [0.29, 0.717) is 0 Å². The largest absolute Gasteiger partial charge is 0.384 e. The molecule has 0 fully saturated rings. The summed E-state index contributed by atoms with van der Waals surface area (Å²) in [4.78, 5) is 1.33. The molecule has 0 aromatic heterocycles. The van der Waals surface area contributed by atoms with Gasteiger partial charge < -0.3 is 5.32 Å². The lowest BCUT2D eigenvalue weighted by molar-refractivity contribution is 1.21. The smallest absolute Gasteiger partial charge is 0.0346 e. The first-order valence-electron chi connectivity index (χ1n) is 6.35. The lowest BCUT2D eigenvalue weighted by atomic mass is 10.1. The van der Waals surface area contributed by atoms with Crippen molar-refractivity contribution in [3.05, 3.63) is 58.1 Å². The predicted octanol–water partition coefficient (Wildman–Crippen LogP) is 5.27. The highest BCUT2D eigenvalue weighted by Gasteiger charge is 2.01. The van der Waals surface area contributed by atoms with Gasteiger partial charge in [0.1, 0.15) is 0 Å². The van der Waals surface area contributed by atoms with Gasteiger partial charge in [0, 0.05) is 27.4 Å². The Kier molecular flexibility index (Phi) is 5.34. The fraction of sp³-hybridized carbons (Fsp3) is 0.250. The van der Waals surface area contributed by atoms with Gasteiger partial charge in [-0.1, -0.05) is 34.1 Å².